The van der Waals surface area contributed by atoms with Crippen LogP contribution in [0.15, 0.2) is 71.9 Å². The smallest absolute Gasteiger partial charge is 0.224 e. The third kappa shape index (κ3) is 3.84. The van der Waals surface area contributed by atoms with Gasteiger partial charge in [0.1, 0.15) is 11.9 Å². The highest BCUT2D eigenvalue weighted by atomic mass is 35.5. The molecule has 2 aromatic carbocycles. The molecule has 1 N–H and O–H groups in total. The number of nitrogens with zero attached hydrogens (tertiary/aromatic N) is 2. The van der Waals surface area contributed by atoms with E-state index in [0.29, 0.717) is 22.5 Å². The Bertz CT molecular complexity index is 987. The predicted octanol–water partition coefficient (Wildman–Crippen LogP) is 5.62. The van der Waals surface area contributed by atoms with Gasteiger partial charge in [-0.25, -0.2) is 4.98 Å². The number of aromatic nitrogens is 1. The lowest BCUT2D eigenvalue weighted by Gasteiger charge is -2.20. The number of aliphatic imine (C=N–C) groups is 1. The van der Waals surface area contributed by atoms with Gasteiger partial charge in [-0.1, -0.05) is 47.5 Å². The van der Waals surface area contributed by atoms with Crippen molar-refractivity contribution < 1.29 is 4.74 Å². The molecule has 0 saturated carbocycles. The van der Waals surface area contributed by atoms with Crippen molar-refractivity contribution in [3.05, 3.63) is 93.6 Å². The van der Waals surface area contributed by atoms with E-state index in [1.165, 1.54) is 0 Å². The Balaban J connectivity index is 1.76. The Morgan fingerprint density at radius 2 is 1.57 bits per heavy atom. The number of hydrogen-bond donors (Lipinski definition) is 1. The molecule has 142 valence electrons. The molecule has 2 unspecified atom stereocenters. The van der Waals surface area contributed by atoms with E-state index < -0.39 is 0 Å². The highest BCUT2D eigenvalue weighted by Gasteiger charge is 2.33. The minimum absolute atomic E-state index is 0.0388. The Morgan fingerprint density at radius 1 is 0.929 bits per heavy atom. The summed E-state index contributed by atoms with van der Waals surface area (Å²) in [6.45, 7) is 2.48. The van der Waals surface area contributed by atoms with Crippen LogP contribution < -0.4 is 10.1 Å². The van der Waals surface area contributed by atoms with Crippen LogP contribution in [0, 0.1) is 0 Å². The minimum Gasteiger partial charge on any atom is -0.477 e. The zero-order chi connectivity index (χ0) is 19.5. The molecule has 0 radical (unpaired) electrons. The number of pyridine rings is 1. The highest BCUT2D eigenvalue weighted by molar-refractivity contribution is 6.30. The van der Waals surface area contributed by atoms with Gasteiger partial charge in [-0.3, -0.25) is 4.99 Å². The van der Waals surface area contributed by atoms with Gasteiger partial charge in [0.2, 0.25) is 5.88 Å². The van der Waals surface area contributed by atoms with Crippen LogP contribution in [0.1, 0.15) is 35.7 Å². The van der Waals surface area contributed by atoms with E-state index in [-0.39, 0.29) is 12.1 Å². The van der Waals surface area contributed by atoms with Gasteiger partial charge in [0.05, 0.1) is 18.2 Å². The minimum atomic E-state index is -0.108. The van der Waals surface area contributed by atoms with Gasteiger partial charge in [-0.05, 0) is 54.4 Å². The fraction of sp³-hybridized carbons (Fsp3) is 0.182. The maximum absolute atomic E-state index is 6.08. The van der Waals surface area contributed by atoms with Crippen LogP contribution >= 0.6 is 23.2 Å². The summed E-state index contributed by atoms with van der Waals surface area (Å²) < 4.78 is 5.70. The van der Waals surface area contributed by atoms with Crippen molar-refractivity contribution in [1.29, 1.82) is 0 Å². The molecule has 0 bridgehead atoms. The van der Waals surface area contributed by atoms with E-state index in [1.54, 1.807) is 6.20 Å². The van der Waals surface area contributed by atoms with Gasteiger partial charge >= 0.3 is 0 Å². The number of benzene rings is 2. The van der Waals surface area contributed by atoms with E-state index in [0.717, 1.165) is 22.5 Å². The van der Waals surface area contributed by atoms with E-state index in [9.17, 15) is 0 Å². The third-order valence-corrected chi connectivity index (χ3v) is 5.13. The molecule has 0 fully saturated rings. The molecular formula is C22H19Cl2N3O. The second-order valence-electron chi connectivity index (χ2n) is 6.44. The second kappa shape index (κ2) is 8.21. The number of hydrogen-bond acceptors (Lipinski definition) is 4. The van der Waals surface area contributed by atoms with Crippen molar-refractivity contribution in [2.75, 3.05) is 6.61 Å². The number of ether oxygens (including phenoxy) is 1. The van der Waals surface area contributed by atoms with Crippen LogP contribution in [-0.4, -0.2) is 17.4 Å². The van der Waals surface area contributed by atoms with Crippen LogP contribution in [0.5, 0.6) is 5.88 Å². The normalized spacial score (nSPS) is 18.5. The van der Waals surface area contributed by atoms with Gasteiger partial charge in [0, 0.05) is 16.2 Å². The Morgan fingerprint density at radius 3 is 2.21 bits per heavy atom. The molecule has 1 aliphatic heterocycles. The van der Waals surface area contributed by atoms with Crippen molar-refractivity contribution in [3.63, 3.8) is 0 Å². The maximum atomic E-state index is 6.08. The first-order chi connectivity index (χ1) is 13.7. The average molecular weight is 412 g/mol. The molecule has 1 aliphatic rings. The summed E-state index contributed by atoms with van der Waals surface area (Å²) in [6, 6.07) is 19.3. The monoisotopic (exact) mass is 411 g/mol. The van der Waals surface area contributed by atoms with Gasteiger partial charge in [-0.15, -0.1) is 0 Å². The second-order valence-corrected chi connectivity index (χ2v) is 7.31. The lowest BCUT2D eigenvalue weighted by Crippen LogP contribution is -2.25. The SMILES string of the molecule is CCOc1ncccc1C1=NC(c2ccc(Cl)cc2)C(c2ccc(Cl)cc2)N1. The van der Waals surface area contributed by atoms with Crippen LogP contribution in [0.2, 0.25) is 10.0 Å². The Labute approximate surface area is 174 Å². The zero-order valence-electron chi connectivity index (χ0n) is 15.3. The first-order valence-corrected chi connectivity index (χ1v) is 9.84. The number of amidine groups is 1. The quantitative estimate of drug-likeness (QED) is 0.592. The molecule has 0 spiro atoms. The van der Waals surface area contributed by atoms with Crippen LogP contribution in [-0.2, 0) is 0 Å². The molecule has 28 heavy (non-hydrogen) atoms. The molecular weight excluding hydrogens is 393 g/mol. The summed E-state index contributed by atoms with van der Waals surface area (Å²) in [5.74, 6) is 1.33. The Hall–Kier alpha value is -2.56. The van der Waals surface area contributed by atoms with Crippen LogP contribution in [0.3, 0.4) is 0 Å². The molecule has 4 nitrogen and oxygen atoms in total. The molecule has 0 aliphatic carbocycles. The van der Waals surface area contributed by atoms with Crippen LogP contribution in [0.4, 0.5) is 0 Å². The average Bonchev–Trinajstić information content (AvgIpc) is 3.15. The van der Waals surface area contributed by atoms with Gasteiger partial charge in [0.15, 0.2) is 0 Å². The summed E-state index contributed by atoms with van der Waals surface area (Å²) in [7, 11) is 0. The zero-order valence-corrected chi connectivity index (χ0v) is 16.8. The number of nitrogens with one attached hydrogen (secondary N) is 1. The molecule has 1 aromatic heterocycles. The summed E-state index contributed by atoms with van der Waals surface area (Å²) in [4.78, 5) is 9.34. The summed E-state index contributed by atoms with van der Waals surface area (Å²) in [5, 5.41) is 4.97. The molecule has 6 heteroatoms. The van der Waals surface area contributed by atoms with Gasteiger partial charge in [0.25, 0.3) is 0 Å². The first kappa shape index (κ1) is 18.8. The molecule has 4 rings (SSSR count). The van der Waals surface area contributed by atoms with E-state index in [1.807, 2.05) is 67.6 Å². The summed E-state index contributed by atoms with van der Waals surface area (Å²) in [6.07, 6.45) is 1.72. The van der Waals surface area contributed by atoms with Crippen molar-refractivity contribution in [3.8, 4) is 5.88 Å². The number of halogens is 2. The van der Waals surface area contributed by atoms with Crippen molar-refractivity contribution in [1.82, 2.24) is 10.3 Å². The lowest BCUT2D eigenvalue weighted by atomic mass is 9.95. The van der Waals surface area contributed by atoms with Crippen molar-refractivity contribution in [2.45, 2.75) is 19.0 Å². The fourth-order valence-electron chi connectivity index (χ4n) is 3.31. The molecule has 0 saturated heterocycles. The van der Waals surface area contributed by atoms with E-state index in [4.69, 9.17) is 32.9 Å². The Kier molecular flexibility index (Phi) is 5.51. The molecule has 2 heterocycles. The topological polar surface area (TPSA) is 46.5 Å². The highest BCUT2D eigenvalue weighted by Crippen LogP contribution is 2.38. The van der Waals surface area contributed by atoms with E-state index >= 15 is 0 Å². The predicted molar refractivity (Wildman–Crippen MR) is 113 cm³/mol. The van der Waals surface area contributed by atoms with Crippen molar-refractivity contribution >= 4 is 29.0 Å². The standard InChI is InChI=1S/C22H19Cl2N3O/c1-2-28-22-18(4-3-13-25-22)21-26-19(14-5-9-16(23)10-6-14)20(27-21)15-7-11-17(24)12-8-15/h3-13,19-20H,2H2,1H3,(H,26,27). The van der Waals surface area contributed by atoms with Gasteiger partial charge < -0.3 is 10.1 Å². The summed E-state index contributed by atoms with van der Waals surface area (Å²) in [5.41, 5.74) is 3.03. The third-order valence-electron chi connectivity index (χ3n) is 4.62. The van der Waals surface area contributed by atoms with E-state index in [2.05, 4.69) is 10.3 Å². The molecule has 0 amide bonds. The van der Waals surface area contributed by atoms with Crippen LogP contribution in [0.25, 0.3) is 0 Å². The van der Waals surface area contributed by atoms with Crippen molar-refractivity contribution in [2.24, 2.45) is 4.99 Å². The largest absolute Gasteiger partial charge is 0.477 e. The maximum Gasteiger partial charge on any atom is 0.224 e. The first-order valence-electron chi connectivity index (χ1n) is 9.09. The van der Waals surface area contributed by atoms with Gasteiger partial charge in [-0.2, -0.15) is 0 Å². The molecule has 2 atom stereocenters. The fourth-order valence-corrected chi connectivity index (χ4v) is 3.56. The number of rotatable bonds is 5. The summed E-state index contributed by atoms with van der Waals surface area (Å²) >= 11 is 12.2. The lowest BCUT2D eigenvalue weighted by molar-refractivity contribution is 0.326. The molecule has 3 aromatic rings.